The average molecular weight is 725 g/mol. The van der Waals surface area contributed by atoms with Crippen LogP contribution in [0.4, 0.5) is 5.69 Å². The lowest BCUT2D eigenvalue weighted by molar-refractivity contribution is 0.769. The van der Waals surface area contributed by atoms with E-state index in [1.165, 1.54) is 0 Å². The molecule has 0 amide bonds. The number of nitriles is 1. The molecular formula is C51H28N6. The fraction of sp³-hybridized carbons (Fsp3) is 0.0196. The van der Waals surface area contributed by atoms with Crippen molar-refractivity contribution in [2.75, 3.05) is 0 Å². The standard InChI is InChI=1S/C51H28N6/c1-53-40-19-21-42-41-20-12-31(30-52)26-43(41)51(44(42)29-40,38-10-2-6-36(27-38)45-22-17-34-15-13-32-8-4-24-54-47(32)49(34)56-45)39-11-3-7-37(28-39)46-23-18-35-16-14-33-9-5-25-55-48(33)50(35)57-46/h2-29H. The number of rotatable bonds is 4. The molecular weight excluding hydrogens is 697 g/mol. The summed E-state index contributed by atoms with van der Waals surface area (Å²) in [5.74, 6) is 0. The van der Waals surface area contributed by atoms with E-state index < -0.39 is 5.41 Å². The van der Waals surface area contributed by atoms with Gasteiger partial charge in [-0.2, -0.15) is 5.26 Å². The van der Waals surface area contributed by atoms with Crippen LogP contribution < -0.4 is 0 Å². The smallest absolute Gasteiger partial charge is 0.187 e. The third kappa shape index (κ3) is 4.88. The molecule has 0 fully saturated rings. The minimum atomic E-state index is -0.902. The van der Waals surface area contributed by atoms with E-state index in [-0.39, 0.29) is 0 Å². The summed E-state index contributed by atoms with van der Waals surface area (Å²) in [6, 6.07) is 56.1. The van der Waals surface area contributed by atoms with Crippen molar-refractivity contribution in [3.05, 3.63) is 209 Å². The maximum Gasteiger partial charge on any atom is 0.187 e. The van der Waals surface area contributed by atoms with Crippen LogP contribution in [-0.4, -0.2) is 19.9 Å². The largest absolute Gasteiger partial charge is 0.254 e. The monoisotopic (exact) mass is 724 g/mol. The maximum absolute atomic E-state index is 10.3. The Labute approximate surface area is 327 Å². The van der Waals surface area contributed by atoms with Crippen LogP contribution in [-0.2, 0) is 5.41 Å². The van der Waals surface area contributed by atoms with E-state index in [4.69, 9.17) is 26.5 Å². The van der Waals surface area contributed by atoms with Crippen molar-refractivity contribution in [2.45, 2.75) is 5.41 Å². The van der Waals surface area contributed by atoms with Gasteiger partial charge in [0.25, 0.3) is 0 Å². The van der Waals surface area contributed by atoms with Gasteiger partial charge >= 0.3 is 0 Å². The molecule has 10 aromatic rings. The zero-order valence-corrected chi connectivity index (χ0v) is 30.3. The summed E-state index contributed by atoms with van der Waals surface area (Å²) >= 11 is 0. The van der Waals surface area contributed by atoms with Crippen LogP contribution >= 0.6 is 0 Å². The second-order valence-electron chi connectivity index (χ2n) is 14.4. The molecule has 11 rings (SSSR count). The number of pyridine rings is 4. The van der Waals surface area contributed by atoms with E-state index in [0.717, 1.165) is 99.5 Å². The molecule has 57 heavy (non-hydrogen) atoms. The molecule has 6 nitrogen and oxygen atoms in total. The molecule has 1 aliphatic rings. The summed E-state index contributed by atoms with van der Waals surface area (Å²) in [6.45, 7) is 8.06. The third-order valence-corrected chi connectivity index (χ3v) is 11.4. The van der Waals surface area contributed by atoms with Gasteiger partial charge in [-0.05, 0) is 81.9 Å². The van der Waals surface area contributed by atoms with Gasteiger partial charge in [0.1, 0.15) is 0 Å². The first-order valence-corrected chi connectivity index (χ1v) is 18.7. The first kappa shape index (κ1) is 32.4. The lowest BCUT2D eigenvalue weighted by atomic mass is 9.67. The molecule has 0 atom stereocenters. The second kappa shape index (κ2) is 12.5. The molecule has 4 aromatic heterocycles. The highest BCUT2D eigenvalue weighted by atomic mass is 14.8. The highest BCUT2D eigenvalue weighted by Gasteiger charge is 2.46. The second-order valence-corrected chi connectivity index (χ2v) is 14.4. The van der Waals surface area contributed by atoms with Crippen molar-refractivity contribution in [3.63, 3.8) is 0 Å². The zero-order chi connectivity index (χ0) is 38.1. The summed E-state index contributed by atoms with van der Waals surface area (Å²) < 4.78 is 0. The Kier molecular flexibility index (Phi) is 7.10. The normalized spacial score (nSPS) is 12.7. The van der Waals surface area contributed by atoms with Crippen LogP contribution in [0.3, 0.4) is 0 Å². The third-order valence-electron chi connectivity index (χ3n) is 11.4. The van der Waals surface area contributed by atoms with Crippen LogP contribution in [0.25, 0.3) is 82.1 Å². The zero-order valence-electron chi connectivity index (χ0n) is 30.3. The van der Waals surface area contributed by atoms with Gasteiger partial charge in [-0.25, -0.2) is 14.8 Å². The molecule has 6 aromatic carbocycles. The molecule has 0 radical (unpaired) electrons. The van der Waals surface area contributed by atoms with Gasteiger partial charge in [0.15, 0.2) is 5.69 Å². The molecule has 4 heterocycles. The molecule has 0 saturated carbocycles. The van der Waals surface area contributed by atoms with Crippen molar-refractivity contribution in [1.29, 1.82) is 5.26 Å². The Bertz CT molecular complexity index is 3180. The van der Waals surface area contributed by atoms with Crippen molar-refractivity contribution in [1.82, 2.24) is 19.9 Å². The highest BCUT2D eigenvalue weighted by Crippen LogP contribution is 2.57. The number of benzene rings is 6. The molecule has 262 valence electrons. The van der Waals surface area contributed by atoms with E-state index in [1.807, 2.05) is 54.9 Å². The first-order chi connectivity index (χ1) is 28.1. The predicted molar refractivity (Wildman–Crippen MR) is 227 cm³/mol. The fourth-order valence-corrected chi connectivity index (χ4v) is 8.83. The van der Waals surface area contributed by atoms with Crippen LogP contribution in [0.1, 0.15) is 27.8 Å². The lowest BCUT2D eigenvalue weighted by Crippen LogP contribution is -2.29. The maximum atomic E-state index is 10.3. The molecule has 0 N–H and O–H groups in total. The van der Waals surface area contributed by atoms with Gasteiger partial charge in [-0.15, -0.1) is 0 Å². The van der Waals surface area contributed by atoms with Crippen LogP contribution in [0, 0.1) is 17.9 Å². The number of nitrogens with zero attached hydrogens (tertiary/aromatic N) is 6. The minimum absolute atomic E-state index is 0.546. The van der Waals surface area contributed by atoms with Gasteiger partial charge in [-0.3, -0.25) is 9.97 Å². The summed E-state index contributed by atoms with van der Waals surface area (Å²) in [5, 5.41) is 14.4. The van der Waals surface area contributed by atoms with Gasteiger partial charge < -0.3 is 0 Å². The van der Waals surface area contributed by atoms with Crippen molar-refractivity contribution in [3.8, 4) is 39.7 Å². The van der Waals surface area contributed by atoms with E-state index in [1.54, 1.807) is 0 Å². The van der Waals surface area contributed by atoms with Gasteiger partial charge in [-0.1, -0.05) is 109 Å². The molecule has 1 aliphatic carbocycles. The number of hydrogen-bond donors (Lipinski definition) is 0. The summed E-state index contributed by atoms with van der Waals surface area (Å²) in [5.41, 5.74) is 13.2. The average Bonchev–Trinajstić information content (AvgIpc) is 3.58. The minimum Gasteiger partial charge on any atom is -0.254 e. The SMILES string of the molecule is [C-]#[N+]c1ccc2c(c1)C(c1cccc(-c3ccc4ccc5cccnc5c4n3)c1)(c1cccc(-c3ccc4ccc5cccnc5c4n3)c1)c1cc(C#N)ccc1-2. The fourth-order valence-electron chi connectivity index (χ4n) is 8.83. The number of fused-ring (bicyclic) bond motifs is 9. The molecule has 0 aliphatic heterocycles. The molecule has 0 bridgehead atoms. The van der Waals surface area contributed by atoms with Crippen molar-refractivity contribution < 1.29 is 0 Å². The molecule has 0 unspecified atom stereocenters. The Morgan fingerprint density at radius 3 is 1.54 bits per heavy atom. The Hall–Kier alpha value is -8.06. The number of hydrogen-bond acceptors (Lipinski definition) is 5. The summed E-state index contributed by atoms with van der Waals surface area (Å²) in [6.07, 6.45) is 3.62. The Balaban J connectivity index is 1.18. The summed E-state index contributed by atoms with van der Waals surface area (Å²) in [4.78, 5) is 23.7. The van der Waals surface area contributed by atoms with E-state index in [0.29, 0.717) is 11.3 Å². The van der Waals surface area contributed by atoms with Crippen molar-refractivity contribution in [2.24, 2.45) is 0 Å². The van der Waals surface area contributed by atoms with Crippen LogP contribution in [0.15, 0.2) is 170 Å². The number of aromatic nitrogens is 4. The Morgan fingerprint density at radius 2 is 1.00 bits per heavy atom. The van der Waals surface area contributed by atoms with E-state index >= 15 is 0 Å². The Morgan fingerprint density at radius 1 is 0.491 bits per heavy atom. The summed E-state index contributed by atoms with van der Waals surface area (Å²) in [7, 11) is 0. The molecule has 6 heteroatoms. The first-order valence-electron chi connectivity index (χ1n) is 18.7. The van der Waals surface area contributed by atoms with Gasteiger partial charge in [0.05, 0.1) is 57.1 Å². The molecule has 0 saturated heterocycles. The van der Waals surface area contributed by atoms with Gasteiger partial charge in [0.2, 0.25) is 0 Å². The molecule has 0 spiro atoms. The quantitative estimate of drug-likeness (QED) is 0.133. The van der Waals surface area contributed by atoms with Crippen LogP contribution in [0.5, 0.6) is 0 Å². The topological polar surface area (TPSA) is 79.7 Å². The van der Waals surface area contributed by atoms with E-state index in [9.17, 15) is 5.26 Å². The predicted octanol–water partition coefficient (Wildman–Crippen LogP) is 12.0. The van der Waals surface area contributed by atoms with E-state index in [2.05, 4.69) is 126 Å². The lowest BCUT2D eigenvalue weighted by Gasteiger charge is -2.34. The highest BCUT2D eigenvalue weighted by molar-refractivity contribution is 6.04. The van der Waals surface area contributed by atoms with Crippen LogP contribution in [0.2, 0.25) is 0 Å². The van der Waals surface area contributed by atoms with Gasteiger partial charge in [0, 0.05) is 45.1 Å². The van der Waals surface area contributed by atoms with Crippen molar-refractivity contribution >= 4 is 49.3 Å².